The number of nitrogens with one attached hydrogen (secondary N) is 1. The second kappa shape index (κ2) is 5.21. The van der Waals surface area contributed by atoms with Crippen molar-refractivity contribution in [1.29, 1.82) is 0 Å². The predicted molar refractivity (Wildman–Crippen MR) is 85.7 cm³/mol. The van der Waals surface area contributed by atoms with Crippen LogP contribution in [0.1, 0.15) is 22.3 Å². The molecule has 0 aliphatic carbocycles. The average Bonchev–Trinajstić information content (AvgIpc) is 2.87. The second-order valence-electron chi connectivity index (χ2n) is 4.95. The molecule has 0 fully saturated rings. The summed E-state index contributed by atoms with van der Waals surface area (Å²) in [6.07, 6.45) is 4.62. The van der Waals surface area contributed by atoms with Gasteiger partial charge < -0.3 is 5.32 Å². The van der Waals surface area contributed by atoms with E-state index in [0.717, 1.165) is 17.1 Å². The maximum absolute atomic E-state index is 4.72. The maximum atomic E-state index is 4.72. The normalized spacial score (nSPS) is 10.9. The Bertz CT molecular complexity index is 747. The lowest BCUT2D eigenvalue weighted by Gasteiger charge is -2.09. The number of hydrogen-bond donors (Lipinski definition) is 1. The van der Waals surface area contributed by atoms with Crippen molar-refractivity contribution >= 4 is 26.7 Å². The first kappa shape index (κ1) is 13.1. The standard InChI is InChI=1S/C16H17N3S/c1-10-7-14-15(19-16(17-3)20-14)13(11(10)2)8-12-5-4-6-18-9-12/h4-7,9H,8H2,1-3H3,(H,17,19). The molecule has 0 aliphatic heterocycles. The third-order valence-electron chi connectivity index (χ3n) is 3.65. The highest BCUT2D eigenvalue weighted by Crippen LogP contribution is 2.32. The third kappa shape index (κ3) is 2.27. The Morgan fingerprint density at radius 1 is 1.30 bits per heavy atom. The minimum Gasteiger partial charge on any atom is -0.365 e. The fourth-order valence-corrected chi connectivity index (χ4v) is 3.35. The summed E-state index contributed by atoms with van der Waals surface area (Å²) in [5.74, 6) is 0. The summed E-state index contributed by atoms with van der Waals surface area (Å²) < 4.78 is 1.25. The molecule has 1 aromatic carbocycles. The molecule has 20 heavy (non-hydrogen) atoms. The zero-order valence-electron chi connectivity index (χ0n) is 11.9. The van der Waals surface area contributed by atoms with Gasteiger partial charge in [0.05, 0.1) is 10.2 Å². The number of fused-ring (bicyclic) bond motifs is 1. The molecule has 2 heterocycles. The van der Waals surface area contributed by atoms with Crippen molar-refractivity contribution in [2.75, 3.05) is 12.4 Å². The largest absolute Gasteiger partial charge is 0.365 e. The van der Waals surface area contributed by atoms with Crippen LogP contribution in [0.3, 0.4) is 0 Å². The fourth-order valence-electron chi connectivity index (χ4n) is 2.40. The van der Waals surface area contributed by atoms with Gasteiger partial charge in [0.25, 0.3) is 0 Å². The first-order valence-electron chi connectivity index (χ1n) is 6.65. The molecule has 3 rings (SSSR count). The molecular weight excluding hydrogens is 266 g/mol. The van der Waals surface area contributed by atoms with Crippen LogP contribution in [-0.2, 0) is 6.42 Å². The summed E-state index contributed by atoms with van der Waals surface area (Å²) in [4.78, 5) is 8.92. The van der Waals surface area contributed by atoms with Gasteiger partial charge in [-0.05, 0) is 48.2 Å². The SMILES string of the molecule is CNc1nc2c(Cc3cccnc3)c(C)c(C)cc2s1. The number of thiazole rings is 1. The van der Waals surface area contributed by atoms with Gasteiger partial charge in [0, 0.05) is 25.9 Å². The monoisotopic (exact) mass is 283 g/mol. The van der Waals surface area contributed by atoms with Gasteiger partial charge in [-0.25, -0.2) is 4.98 Å². The third-order valence-corrected chi connectivity index (χ3v) is 4.67. The smallest absolute Gasteiger partial charge is 0.183 e. The van der Waals surface area contributed by atoms with Crippen molar-refractivity contribution in [2.45, 2.75) is 20.3 Å². The van der Waals surface area contributed by atoms with Gasteiger partial charge in [0.2, 0.25) is 0 Å². The van der Waals surface area contributed by atoms with Crippen molar-refractivity contribution in [3.05, 3.63) is 52.8 Å². The molecular formula is C16H17N3S. The lowest BCUT2D eigenvalue weighted by molar-refractivity contribution is 1.12. The van der Waals surface area contributed by atoms with E-state index in [2.05, 4.69) is 36.3 Å². The van der Waals surface area contributed by atoms with E-state index in [0.29, 0.717) is 0 Å². The van der Waals surface area contributed by atoms with Gasteiger partial charge in [-0.3, -0.25) is 4.98 Å². The summed E-state index contributed by atoms with van der Waals surface area (Å²) in [5, 5.41) is 4.11. The van der Waals surface area contributed by atoms with Crippen LogP contribution >= 0.6 is 11.3 Å². The van der Waals surface area contributed by atoms with E-state index in [9.17, 15) is 0 Å². The number of rotatable bonds is 3. The highest BCUT2D eigenvalue weighted by molar-refractivity contribution is 7.22. The van der Waals surface area contributed by atoms with E-state index in [4.69, 9.17) is 4.98 Å². The van der Waals surface area contributed by atoms with Crippen LogP contribution in [-0.4, -0.2) is 17.0 Å². The number of pyridine rings is 1. The van der Waals surface area contributed by atoms with Gasteiger partial charge in [-0.1, -0.05) is 17.4 Å². The van der Waals surface area contributed by atoms with E-state index in [1.54, 1.807) is 11.3 Å². The van der Waals surface area contributed by atoms with Crippen molar-refractivity contribution in [3.8, 4) is 0 Å². The molecule has 0 bridgehead atoms. The Hall–Kier alpha value is -1.94. The molecule has 2 aromatic heterocycles. The van der Waals surface area contributed by atoms with E-state index in [1.807, 2.05) is 25.5 Å². The van der Waals surface area contributed by atoms with Crippen molar-refractivity contribution in [2.24, 2.45) is 0 Å². The zero-order chi connectivity index (χ0) is 14.1. The Morgan fingerprint density at radius 3 is 2.85 bits per heavy atom. The highest BCUT2D eigenvalue weighted by Gasteiger charge is 2.13. The summed E-state index contributed by atoms with van der Waals surface area (Å²) in [6.45, 7) is 4.35. The highest BCUT2D eigenvalue weighted by atomic mass is 32.1. The van der Waals surface area contributed by atoms with E-state index < -0.39 is 0 Å². The fraction of sp³-hybridized carbons (Fsp3) is 0.250. The summed E-state index contributed by atoms with van der Waals surface area (Å²) in [5.41, 5.74) is 6.30. The first-order valence-corrected chi connectivity index (χ1v) is 7.47. The molecule has 0 amide bonds. The quantitative estimate of drug-likeness (QED) is 0.791. The van der Waals surface area contributed by atoms with Crippen LogP contribution in [0, 0.1) is 13.8 Å². The van der Waals surface area contributed by atoms with Crippen LogP contribution in [0.4, 0.5) is 5.13 Å². The molecule has 0 radical (unpaired) electrons. The lowest BCUT2D eigenvalue weighted by atomic mass is 9.97. The van der Waals surface area contributed by atoms with Crippen molar-refractivity contribution in [1.82, 2.24) is 9.97 Å². The molecule has 0 saturated carbocycles. The number of aromatic nitrogens is 2. The van der Waals surface area contributed by atoms with Gasteiger partial charge in [-0.15, -0.1) is 0 Å². The minimum atomic E-state index is 0.880. The summed E-state index contributed by atoms with van der Waals surface area (Å²) in [6, 6.07) is 6.33. The number of nitrogens with zero attached hydrogens (tertiary/aromatic N) is 2. The maximum Gasteiger partial charge on any atom is 0.183 e. The number of anilines is 1. The number of aryl methyl sites for hydroxylation is 1. The molecule has 3 aromatic rings. The Kier molecular flexibility index (Phi) is 3.40. The second-order valence-corrected chi connectivity index (χ2v) is 5.98. The number of hydrogen-bond acceptors (Lipinski definition) is 4. The molecule has 4 heteroatoms. The van der Waals surface area contributed by atoms with Crippen LogP contribution < -0.4 is 5.32 Å². The summed E-state index contributed by atoms with van der Waals surface area (Å²) in [7, 11) is 1.91. The van der Waals surface area contributed by atoms with Crippen LogP contribution in [0.2, 0.25) is 0 Å². The molecule has 0 saturated heterocycles. The Balaban J connectivity index is 2.17. The lowest BCUT2D eigenvalue weighted by Crippen LogP contribution is -1.97. The molecule has 0 aliphatic rings. The average molecular weight is 283 g/mol. The molecule has 0 atom stereocenters. The van der Waals surface area contributed by atoms with Crippen LogP contribution in [0.5, 0.6) is 0 Å². The van der Waals surface area contributed by atoms with E-state index in [1.165, 1.54) is 27.0 Å². The van der Waals surface area contributed by atoms with Gasteiger partial charge in [-0.2, -0.15) is 0 Å². The Morgan fingerprint density at radius 2 is 2.15 bits per heavy atom. The van der Waals surface area contributed by atoms with E-state index >= 15 is 0 Å². The molecule has 1 N–H and O–H groups in total. The minimum absolute atomic E-state index is 0.880. The summed E-state index contributed by atoms with van der Waals surface area (Å²) >= 11 is 1.71. The Labute approximate surface area is 122 Å². The zero-order valence-corrected chi connectivity index (χ0v) is 12.7. The molecule has 0 unspecified atom stereocenters. The van der Waals surface area contributed by atoms with E-state index in [-0.39, 0.29) is 0 Å². The van der Waals surface area contributed by atoms with Crippen LogP contribution in [0.25, 0.3) is 10.2 Å². The molecule has 3 nitrogen and oxygen atoms in total. The first-order chi connectivity index (χ1) is 9.69. The molecule has 0 spiro atoms. The van der Waals surface area contributed by atoms with Crippen LogP contribution in [0.15, 0.2) is 30.6 Å². The number of benzene rings is 1. The van der Waals surface area contributed by atoms with Crippen molar-refractivity contribution in [3.63, 3.8) is 0 Å². The van der Waals surface area contributed by atoms with Crippen molar-refractivity contribution < 1.29 is 0 Å². The molecule has 102 valence electrons. The van der Waals surface area contributed by atoms with Gasteiger partial charge >= 0.3 is 0 Å². The topological polar surface area (TPSA) is 37.8 Å². The van der Waals surface area contributed by atoms with Gasteiger partial charge in [0.1, 0.15) is 0 Å². The van der Waals surface area contributed by atoms with Gasteiger partial charge in [0.15, 0.2) is 5.13 Å². The predicted octanol–water partition coefficient (Wildman–Crippen LogP) is 3.94.